The molecule has 102 valence electrons. The maximum Gasteiger partial charge on any atom is 0.00961 e. The molecule has 1 saturated heterocycles. The second kappa shape index (κ2) is 7.38. The summed E-state index contributed by atoms with van der Waals surface area (Å²) < 4.78 is 0. The van der Waals surface area contributed by atoms with Crippen molar-refractivity contribution in [1.82, 2.24) is 10.2 Å². The molecule has 0 saturated carbocycles. The van der Waals surface area contributed by atoms with Crippen LogP contribution in [0.3, 0.4) is 0 Å². The van der Waals surface area contributed by atoms with Crippen LogP contribution in [0.25, 0.3) is 0 Å². The number of nitrogens with one attached hydrogen (secondary N) is 1. The molecule has 0 bridgehead atoms. The highest BCUT2D eigenvalue weighted by Crippen LogP contribution is 2.26. The molecule has 0 aromatic carbocycles. The van der Waals surface area contributed by atoms with Gasteiger partial charge < -0.3 is 5.32 Å². The van der Waals surface area contributed by atoms with Gasteiger partial charge in [0, 0.05) is 18.6 Å². The van der Waals surface area contributed by atoms with Crippen molar-refractivity contribution in [3.8, 4) is 0 Å². The fraction of sp³-hybridized carbons (Fsp3) is 1.00. The molecular formula is C15H32N2. The molecule has 0 spiro atoms. The molecule has 0 aromatic heterocycles. The summed E-state index contributed by atoms with van der Waals surface area (Å²) in [7, 11) is 0. The van der Waals surface area contributed by atoms with Gasteiger partial charge in [0.1, 0.15) is 0 Å². The van der Waals surface area contributed by atoms with Crippen LogP contribution in [-0.4, -0.2) is 36.6 Å². The van der Waals surface area contributed by atoms with E-state index in [0.29, 0.717) is 0 Å². The average Bonchev–Trinajstić information content (AvgIpc) is 2.59. The standard InChI is InChI=1S/C15H32N2/c1-6-15-8-7-14(5)17(15)11-13(4)10-16-9-12(2)3/h12-16H,6-11H2,1-5H3. The number of rotatable bonds is 7. The van der Waals surface area contributed by atoms with Crippen molar-refractivity contribution in [2.45, 2.75) is 66.0 Å². The minimum Gasteiger partial charge on any atom is -0.316 e. The topological polar surface area (TPSA) is 15.3 Å². The van der Waals surface area contributed by atoms with E-state index in [0.717, 1.165) is 37.0 Å². The van der Waals surface area contributed by atoms with Crippen LogP contribution in [0.1, 0.15) is 53.9 Å². The van der Waals surface area contributed by atoms with Gasteiger partial charge in [-0.05, 0) is 51.1 Å². The van der Waals surface area contributed by atoms with E-state index >= 15 is 0 Å². The molecule has 1 aliphatic heterocycles. The Balaban J connectivity index is 2.26. The molecule has 2 nitrogen and oxygen atoms in total. The fourth-order valence-corrected chi connectivity index (χ4v) is 2.94. The molecule has 0 radical (unpaired) electrons. The third kappa shape index (κ3) is 4.97. The Morgan fingerprint density at radius 3 is 2.47 bits per heavy atom. The van der Waals surface area contributed by atoms with Crippen LogP contribution in [0.5, 0.6) is 0 Å². The van der Waals surface area contributed by atoms with Gasteiger partial charge in [-0.15, -0.1) is 0 Å². The van der Waals surface area contributed by atoms with Crippen LogP contribution in [0, 0.1) is 11.8 Å². The zero-order chi connectivity index (χ0) is 12.8. The summed E-state index contributed by atoms with van der Waals surface area (Å²) in [5, 5.41) is 3.58. The number of hydrogen-bond donors (Lipinski definition) is 1. The molecule has 0 aliphatic carbocycles. The smallest absolute Gasteiger partial charge is 0.00961 e. The van der Waals surface area contributed by atoms with Crippen LogP contribution in [0.15, 0.2) is 0 Å². The van der Waals surface area contributed by atoms with E-state index in [9.17, 15) is 0 Å². The zero-order valence-electron chi connectivity index (χ0n) is 12.5. The normalized spacial score (nSPS) is 27.9. The minimum absolute atomic E-state index is 0.760. The molecule has 1 heterocycles. The van der Waals surface area contributed by atoms with Gasteiger partial charge in [0.25, 0.3) is 0 Å². The van der Waals surface area contributed by atoms with Crippen molar-refractivity contribution >= 4 is 0 Å². The second-order valence-corrected chi connectivity index (χ2v) is 6.34. The Morgan fingerprint density at radius 1 is 1.18 bits per heavy atom. The maximum absolute atomic E-state index is 3.58. The zero-order valence-corrected chi connectivity index (χ0v) is 12.5. The number of hydrogen-bond acceptors (Lipinski definition) is 2. The number of likely N-dealkylation sites (tertiary alicyclic amines) is 1. The van der Waals surface area contributed by atoms with Crippen molar-refractivity contribution in [1.29, 1.82) is 0 Å². The summed E-state index contributed by atoms with van der Waals surface area (Å²) >= 11 is 0. The molecular weight excluding hydrogens is 208 g/mol. The van der Waals surface area contributed by atoms with Gasteiger partial charge in [0.05, 0.1) is 0 Å². The minimum atomic E-state index is 0.760. The van der Waals surface area contributed by atoms with E-state index in [-0.39, 0.29) is 0 Å². The summed E-state index contributed by atoms with van der Waals surface area (Å²) in [5.74, 6) is 1.53. The van der Waals surface area contributed by atoms with Crippen molar-refractivity contribution in [3.63, 3.8) is 0 Å². The quantitative estimate of drug-likeness (QED) is 0.735. The highest BCUT2D eigenvalue weighted by atomic mass is 15.2. The lowest BCUT2D eigenvalue weighted by molar-refractivity contribution is 0.170. The van der Waals surface area contributed by atoms with E-state index < -0.39 is 0 Å². The van der Waals surface area contributed by atoms with Gasteiger partial charge in [0.2, 0.25) is 0 Å². The molecule has 0 amide bonds. The average molecular weight is 240 g/mol. The summed E-state index contributed by atoms with van der Waals surface area (Å²) in [6, 6.07) is 1.64. The van der Waals surface area contributed by atoms with Crippen molar-refractivity contribution < 1.29 is 0 Å². The molecule has 3 unspecified atom stereocenters. The van der Waals surface area contributed by atoms with Gasteiger partial charge in [-0.25, -0.2) is 0 Å². The predicted octanol–water partition coefficient (Wildman–Crippen LogP) is 3.13. The van der Waals surface area contributed by atoms with Crippen LogP contribution in [0.4, 0.5) is 0 Å². The van der Waals surface area contributed by atoms with E-state index in [1.807, 2.05) is 0 Å². The maximum atomic E-state index is 3.58. The van der Waals surface area contributed by atoms with E-state index in [1.54, 1.807) is 0 Å². The first kappa shape index (κ1) is 15.0. The second-order valence-electron chi connectivity index (χ2n) is 6.34. The Labute approximate surface area is 108 Å². The third-order valence-corrected chi connectivity index (χ3v) is 3.99. The first-order valence-electron chi connectivity index (χ1n) is 7.51. The SMILES string of the molecule is CCC1CCC(C)N1CC(C)CNCC(C)C. The van der Waals surface area contributed by atoms with Gasteiger partial charge in [0.15, 0.2) is 0 Å². The molecule has 1 N–H and O–H groups in total. The monoisotopic (exact) mass is 240 g/mol. The fourth-order valence-electron chi connectivity index (χ4n) is 2.94. The highest BCUT2D eigenvalue weighted by Gasteiger charge is 2.29. The van der Waals surface area contributed by atoms with Gasteiger partial charge in [-0.1, -0.05) is 27.7 Å². The summed E-state index contributed by atoms with van der Waals surface area (Å²) in [6.07, 6.45) is 4.12. The van der Waals surface area contributed by atoms with Crippen LogP contribution in [-0.2, 0) is 0 Å². The third-order valence-electron chi connectivity index (χ3n) is 3.99. The molecule has 1 aliphatic rings. The molecule has 2 heteroatoms. The molecule has 1 fully saturated rings. The van der Waals surface area contributed by atoms with Gasteiger partial charge in [-0.2, -0.15) is 0 Å². The Morgan fingerprint density at radius 2 is 1.88 bits per heavy atom. The Bertz CT molecular complexity index is 203. The van der Waals surface area contributed by atoms with E-state index in [1.165, 1.54) is 25.8 Å². The van der Waals surface area contributed by atoms with Crippen LogP contribution >= 0.6 is 0 Å². The van der Waals surface area contributed by atoms with Crippen LogP contribution < -0.4 is 5.32 Å². The Hall–Kier alpha value is -0.0800. The first-order chi connectivity index (χ1) is 8.04. The lowest BCUT2D eigenvalue weighted by atomic mass is 10.1. The van der Waals surface area contributed by atoms with Gasteiger partial charge in [-0.3, -0.25) is 4.90 Å². The van der Waals surface area contributed by atoms with Crippen LogP contribution in [0.2, 0.25) is 0 Å². The van der Waals surface area contributed by atoms with Crippen molar-refractivity contribution in [3.05, 3.63) is 0 Å². The predicted molar refractivity (Wildman–Crippen MR) is 76.4 cm³/mol. The lowest BCUT2D eigenvalue weighted by Crippen LogP contribution is -2.40. The largest absolute Gasteiger partial charge is 0.316 e. The van der Waals surface area contributed by atoms with E-state index in [4.69, 9.17) is 0 Å². The van der Waals surface area contributed by atoms with Crippen molar-refractivity contribution in [2.75, 3.05) is 19.6 Å². The highest BCUT2D eigenvalue weighted by molar-refractivity contribution is 4.85. The Kier molecular flexibility index (Phi) is 6.50. The first-order valence-corrected chi connectivity index (χ1v) is 7.51. The summed E-state index contributed by atoms with van der Waals surface area (Å²) in [5.41, 5.74) is 0. The molecule has 3 atom stereocenters. The molecule has 17 heavy (non-hydrogen) atoms. The lowest BCUT2D eigenvalue weighted by Gasteiger charge is -2.30. The summed E-state index contributed by atoms with van der Waals surface area (Å²) in [4.78, 5) is 2.74. The number of nitrogens with zero attached hydrogens (tertiary/aromatic N) is 1. The molecule has 0 aromatic rings. The van der Waals surface area contributed by atoms with Crippen molar-refractivity contribution in [2.24, 2.45) is 11.8 Å². The summed E-state index contributed by atoms with van der Waals surface area (Å²) in [6.45, 7) is 15.2. The van der Waals surface area contributed by atoms with Gasteiger partial charge >= 0.3 is 0 Å². The molecule has 1 rings (SSSR count). The van der Waals surface area contributed by atoms with E-state index in [2.05, 4.69) is 44.8 Å².